The molecule has 1 saturated carbocycles. The molecule has 1 aromatic carbocycles. The van der Waals surface area contributed by atoms with Gasteiger partial charge in [0.05, 0.1) is 11.6 Å². The summed E-state index contributed by atoms with van der Waals surface area (Å²) < 4.78 is 13.6. The molecule has 1 atom stereocenters. The third-order valence-corrected chi connectivity index (χ3v) is 5.27. The van der Waals surface area contributed by atoms with E-state index in [1.54, 1.807) is 13.1 Å². The number of rotatable bonds is 8. The number of aliphatic hydroxyl groups excluding tert-OH is 1. The Bertz CT molecular complexity index is 746. The Hall–Kier alpha value is -1.68. The molecule has 0 aliphatic heterocycles. The molecule has 1 aliphatic carbocycles. The topological polar surface area (TPSA) is 95.0 Å². The smallest absolute Gasteiger partial charge is 0.243 e. The van der Waals surface area contributed by atoms with E-state index in [1.807, 2.05) is 6.92 Å². The summed E-state index contributed by atoms with van der Waals surface area (Å²) in [4.78, 5) is 12.7. The fourth-order valence-electron chi connectivity index (χ4n) is 2.07. The van der Waals surface area contributed by atoms with Gasteiger partial charge in [-0.1, -0.05) is 55.1 Å². The first-order valence-corrected chi connectivity index (χ1v) is 10.4. The van der Waals surface area contributed by atoms with Crippen LogP contribution < -0.4 is 16.2 Å². The molecule has 154 valence electrons. The minimum Gasteiger partial charge on any atom is -0.395 e. The van der Waals surface area contributed by atoms with Crippen molar-refractivity contribution in [2.45, 2.75) is 43.0 Å². The van der Waals surface area contributed by atoms with E-state index >= 15 is 0 Å². The van der Waals surface area contributed by atoms with Gasteiger partial charge in [0.2, 0.25) is 11.9 Å². The summed E-state index contributed by atoms with van der Waals surface area (Å²) in [6.07, 6.45) is 6.00. The quantitative estimate of drug-likeness (QED) is 0.370. The van der Waals surface area contributed by atoms with Gasteiger partial charge in [0, 0.05) is 18.8 Å². The van der Waals surface area contributed by atoms with Gasteiger partial charge in [0.1, 0.15) is 5.82 Å². The third kappa shape index (κ3) is 7.38. The molecule has 2 aromatic rings. The SMILES string of the molecule is C1CCC1.CNNc1nc(NCCO)nc(SC(C)c2ccc(Cl)c(F)c2)n1. The molecule has 0 saturated heterocycles. The van der Waals surface area contributed by atoms with E-state index < -0.39 is 5.82 Å². The van der Waals surface area contributed by atoms with Crippen LogP contribution >= 0.6 is 23.4 Å². The van der Waals surface area contributed by atoms with Crippen molar-refractivity contribution in [1.82, 2.24) is 20.4 Å². The molecular weight excluding hydrogens is 403 g/mol. The highest BCUT2D eigenvalue weighted by atomic mass is 35.5. The van der Waals surface area contributed by atoms with E-state index in [9.17, 15) is 4.39 Å². The second-order valence-electron chi connectivity index (χ2n) is 6.14. The number of hydrazine groups is 1. The second-order valence-corrected chi connectivity index (χ2v) is 7.85. The molecule has 28 heavy (non-hydrogen) atoms. The van der Waals surface area contributed by atoms with Gasteiger partial charge in [-0.3, -0.25) is 5.43 Å². The Balaban J connectivity index is 0.000000620. The highest BCUT2D eigenvalue weighted by Gasteiger charge is 2.14. The number of halogens is 2. The summed E-state index contributed by atoms with van der Waals surface area (Å²) in [6.45, 7) is 2.21. The number of aromatic nitrogens is 3. The first-order valence-electron chi connectivity index (χ1n) is 9.18. The van der Waals surface area contributed by atoms with Crippen LogP contribution in [0.15, 0.2) is 23.4 Å². The van der Waals surface area contributed by atoms with E-state index in [-0.39, 0.29) is 16.9 Å². The van der Waals surface area contributed by atoms with E-state index in [1.165, 1.54) is 49.6 Å². The van der Waals surface area contributed by atoms with Crippen molar-refractivity contribution in [3.63, 3.8) is 0 Å². The van der Waals surface area contributed by atoms with Gasteiger partial charge in [0.25, 0.3) is 0 Å². The van der Waals surface area contributed by atoms with Crippen LogP contribution in [-0.4, -0.2) is 40.3 Å². The number of nitrogens with zero attached hydrogens (tertiary/aromatic N) is 3. The van der Waals surface area contributed by atoms with Gasteiger partial charge < -0.3 is 10.4 Å². The number of nitrogens with one attached hydrogen (secondary N) is 3. The summed E-state index contributed by atoms with van der Waals surface area (Å²) in [6, 6.07) is 4.69. The molecule has 1 aliphatic rings. The first kappa shape index (κ1) is 22.6. The van der Waals surface area contributed by atoms with Crippen molar-refractivity contribution < 1.29 is 9.50 Å². The molecule has 1 fully saturated rings. The standard InChI is InChI=1S/C14H18ClFN6OS.C4H8/c1-8(9-3-4-10(15)11(16)7-9)24-14-20-12(18-5-6-23)19-13(21-14)22-17-2;1-2-4-3-1/h3-4,7-8,17,23H,5-6H2,1-2H3,(H2,18,19,20,21,22);1-4H2. The van der Waals surface area contributed by atoms with Gasteiger partial charge in [0.15, 0.2) is 5.16 Å². The number of hydrogen-bond acceptors (Lipinski definition) is 8. The minimum absolute atomic E-state index is 0.0383. The maximum atomic E-state index is 13.6. The Morgan fingerprint density at radius 1 is 1.18 bits per heavy atom. The summed E-state index contributed by atoms with van der Waals surface area (Å²) in [7, 11) is 1.69. The minimum atomic E-state index is -0.458. The van der Waals surface area contributed by atoms with Gasteiger partial charge >= 0.3 is 0 Å². The zero-order valence-corrected chi connectivity index (χ0v) is 17.6. The summed E-state index contributed by atoms with van der Waals surface area (Å²) in [5.74, 6) is 0.221. The second kappa shape index (κ2) is 12.0. The molecule has 0 bridgehead atoms. The van der Waals surface area contributed by atoms with Crippen molar-refractivity contribution >= 4 is 35.3 Å². The van der Waals surface area contributed by atoms with Crippen LogP contribution in [0.4, 0.5) is 16.3 Å². The summed E-state index contributed by atoms with van der Waals surface area (Å²) >= 11 is 7.07. The maximum absolute atomic E-state index is 13.6. The van der Waals surface area contributed by atoms with Gasteiger partial charge in [-0.25, -0.2) is 9.82 Å². The number of aliphatic hydroxyl groups is 1. The lowest BCUT2D eigenvalue weighted by molar-refractivity contribution is 0.310. The highest BCUT2D eigenvalue weighted by Crippen LogP contribution is 2.34. The number of anilines is 2. The van der Waals surface area contributed by atoms with Crippen LogP contribution in [-0.2, 0) is 0 Å². The van der Waals surface area contributed by atoms with E-state index in [0.717, 1.165) is 5.56 Å². The molecular formula is C18H26ClFN6OS. The summed E-state index contributed by atoms with van der Waals surface area (Å²) in [5.41, 5.74) is 6.30. The van der Waals surface area contributed by atoms with Crippen molar-refractivity contribution in [2.24, 2.45) is 0 Å². The van der Waals surface area contributed by atoms with Crippen molar-refractivity contribution in [3.05, 3.63) is 34.6 Å². The fourth-order valence-corrected chi connectivity index (χ4v) is 3.06. The number of hydrogen-bond donors (Lipinski definition) is 4. The maximum Gasteiger partial charge on any atom is 0.243 e. The molecule has 1 heterocycles. The van der Waals surface area contributed by atoms with Crippen LogP contribution in [0.2, 0.25) is 5.02 Å². The van der Waals surface area contributed by atoms with Crippen LogP contribution in [0.1, 0.15) is 43.4 Å². The average Bonchev–Trinajstić information content (AvgIpc) is 2.61. The Labute approximate surface area is 173 Å². The molecule has 0 amide bonds. The molecule has 4 N–H and O–H groups in total. The predicted molar refractivity (Wildman–Crippen MR) is 112 cm³/mol. The highest BCUT2D eigenvalue weighted by molar-refractivity contribution is 7.99. The molecule has 3 rings (SSSR count). The fraction of sp³-hybridized carbons (Fsp3) is 0.500. The van der Waals surface area contributed by atoms with E-state index in [4.69, 9.17) is 16.7 Å². The average molecular weight is 429 g/mol. The van der Waals surface area contributed by atoms with Gasteiger partial charge in [-0.15, -0.1) is 0 Å². The zero-order chi connectivity index (χ0) is 20.4. The molecule has 0 spiro atoms. The lowest BCUT2D eigenvalue weighted by atomic mass is 10.0. The molecule has 7 nitrogen and oxygen atoms in total. The van der Waals surface area contributed by atoms with E-state index in [0.29, 0.717) is 23.6 Å². The largest absolute Gasteiger partial charge is 0.395 e. The molecule has 1 aromatic heterocycles. The van der Waals surface area contributed by atoms with Crippen molar-refractivity contribution in [1.29, 1.82) is 0 Å². The Morgan fingerprint density at radius 2 is 1.86 bits per heavy atom. The van der Waals surface area contributed by atoms with Crippen LogP contribution in [0, 0.1) is 5.82 Å². The normalized spacial score (nSPS) is 13.8. The Morgan fingerprint density at radius 3 is 2.43 bits per heavy atom. The molecule has 1 unspecified atom stereocenters. The number of thioether (sulfide) groups is 1. The first-order chi connectivity index (χ1) is 13.5. The van der Waals surface area contributed by atoms with Gasteiger partial charge in [-0.05, 0) is 24.6 Å². The van der Waals surface area contributed by atoms with Crippen molar-refractivity contribution in [3.8, 4) is 0 Å². The van der Waals surface area contributed by atoms with Crippen LogP contribution in [0.5, 0.6) is 0 Å². The van der Waals surface area contributed by atoms with Crippen molar-refractivity contribution in [2.75, 3.05) is 30.9 Å². The van der Waals surface area contributed by atoms with Crippen LogP contribution in [0.25, 0.3) is 0 Å². The third-order valence-electron chi connectivity index (χ3n) is 3.94. The van der Waals surface area contributed by atoms with Gasteiger partial charge in [-0.2, -0.15) is 15.0 Å². The zero-order valence-electron chi connectivity index (χ0n) is 16.0. The molecule has 10 heteroatoms. The monoisotopic (exact) mass is 428 g/mol. The summed E-state index contributed by atoms with van der Waals surface area (Å²) in [5, 5.41) is 12.3. The van der Waals surface area contributed by atoms with E-state index in [2.05, 4.69) is 31.1 Å². The lowest BCUT2D eigenvalue weighted by Gasteiger charge is -2.13. The van der Waals surface area contributed by atoms with Crippen LogP contribution in [0.3, 0.4) is 0 Å². The lowest BCUT2D eigenvalue weighted by Crippen LogP contribution is -2.19. The predicted octanol–water partition coefficient (Wildman–Crippen LogP) is 4.03. The Kier molecular flexibility index (Phi) is 9.69. The molecule has 0 radical (unpaired) electrons. The number of benzene rings is 1.